The summed E-state index contributed by atoms with van der Waals surface area (Å²) in [4.78, 5) is 23.1. The topological polar surface area (TPSA) is 82.6 Å². The summed E-state index contributed by atoms with van der Waals surface area (Å²) >= 11 is 6.14. The molecule has 0 radical (unpaired) electrons. The van der Waals surface area contributed by atoms with Crippen LogP contribution >= 0.6 is 11.6 Å². The molecule has 0 saturated carbocycles. The monoisotopic (exact) mass is 433 g/mol. The smallest absolute Gasteiger partial charge is 0.270 e. The summed E-state index contributed by atoms with van der Waals surface area (Å²) in [7, 11) is 0. The predicted octanol–water partition coefficient (Wildman–Crippen LogP) is 6.84. The fourth-order valence-corrected chi connectivity index (χ4v) is 3.32. The number of ether oxygens (including phenoxy) is 1. The van der Waals surface area contributed by atoms with E-state index in [4.69, 9.17) is 20.8 Å². The van der Waals surface area contributed by atoms with Crippen LogP contribution in [0.5, 0.6) is 11.5 Å². The molecule has 1 aromatic heterocycles. The maximum absolute atomic E-state index is 12.8. The van der Waals surface area contributed by atoms with Crippen LogP contribution in [0.15, 0.2) is 83.3 Å². The third-order valence-corrected chi connectivity index (χ3v) is 4.91. The number of halogens is 1. The molecule has 7 heteroatoms. The van der Waals surface area contributed by atoms with E-state index in [1.807, 2.05) is 31.2 Å². The lowest BCUT2D eigenvalue weighted by atomic mass is 10.1. The highest BCUT2D eigenvalue weighted by molar-refractivity contribution is 6.33. The van der Waals surface area contributed by atoms with Crippen molar-refractivity contribution in [3.05, 3.63) is 111 Å². The molecule has 6 nitrogen and oxygen atoms in total. The summed E-state index contributed by atoms with van der Waals surface area (Å²) in [6, 6.07) is 21.7. The number of ketones is 1. The van der Waals surface area contributed by atoms with Crippen molar-refractivity contribution in [2.75, 3.05) is 0 Å². The summed E-state index contributed by atoms with van der Waals surface area (Å²) < 4.78 is 11.5. The van der Waals surface area contributed by atoms with Gasteiger partial charge in [0.2, 0.25) is 5.78 Å². The Hall–Kier alpha value is -3.90. The standard InChI is InChI=1S/C24H16ClNO5/c1-15-3-2-4-19(13-15)30-18-8-5-16(6-9-18)24(27)23-12-11-22(31-23)20-10-7-17(26(28)29)14-21(20)25/h2-14H,1H3. The van der Waals surface area contributed by atoms with Crippen molar-refractivity contribution in [2.24, 2.45) is 0 Å². The number of carbonyl (C=O) groups is 1. The first-order valence-corrected chi connectivity index (χ1v) is 9.72. The zero-order valence-electron chi connectivity index (χ0n) is 16.4. The van der Waals surface area contributed by atoms with E-state index < -0.39 is 4.92 Å². The van der Waals surface area contributed by atoms with Crippen molar-refractivity contribution >= 4 is 23.1 Å². The maximum atomic E-state index is 12.8. The van der Waals surface area contributed by atoms with Gasteiger partial charge in [-0.1, -0.05) is 23.7 Å². The molecule has 4 rings (SSSR count). The normalized spacial score (nSPS) is 10.6. The SMILES string of the molecule is Cc1cccc(Oc2ccc(C(=O)c3ccc(-c4ccc([N+](=O)[O-])cc4Cl)o3)cc2)c1. The molecule has 0 fully saturated rings. The van der Waals surface area contributed by atoms with Crippen molar-refractivity contribution in [3.8, 4) is 22.8 Å². The molecule has 1 heterocycles. The number of aryl methyl sites for hydroxylation is 1. The van der Waals surface area contributed by atoms with Crippen LogP contribution in [0.1, 0.15) is 21.7 Å². The fourth-order valence-electron chi connectivity index (χ4n) is 3.05. The minimum absolute atomic E-state index is 0.121. The van der Waals surface area contributed by atoms with Gasteiger partial charge in [-0.15, -0.1) is 0 Å². The van der Waals surface area contributed by atoms with Crippen LogP contribution in [0.4, 0.5) is 5.69 Å². The van der Waals surface area contributed by atoms with Crippen LogP contribution in [-0.4, -0.2) is 10.7 Å². The summed E-state index contributed by atoms with van der Waals surface area (Å²) in [6.07, 6.45) is 0. The molecule has 4 aromatic rings. The number of nitro groups is 1. The Labute approximate surface area is 182 Å². The first-order chi connectivity index (χ1) is 14.9. The number of furan rings is 1. The van der Waals surface area contributed by atoms with Crippen LogP contribution < -0.4 is 4.74 Å². The number of hydrogen-bond acceptors (Lipinski definition) is 5. The van der Waals surface area contributed by atoms with Crippen LogP contribution in [0.2, 0.25) is 5.02 Å². The van der Waals surface area contributed by atoms with Crippen LogP contribution in [-0.2, 0) is 0 Å². The molecule has 0 amide bonds. The molecule has 0 aliphatic rings. The Morgan fingerprint density at radius 1 is 0.968 bits per heavy atom. The molecule has 0 aliphatic heterocycles. The van der Waals surface area contributed by atoms with Crippen molar-refractivity contribution in [2.45, 2.75) is 6.92 Å². The van der Waals surface area contributed by atoms with Gasteiger partial charge in [0.1, 0.15) is 17.3 Å². The van der Waals surface area contributed by atoms with E-state index >= 15 is 0 Å². The molecule has 154 valence electrons. The quantitative estimate of drug-likeness (QED) is 0.189. The Balaban J connectivity index is 1.51. The van der Waals surface area contributed by atoms with Gasteiger partial charge in [-0.25, -0.2) is 0 Å². The van der Waals surface area contributed by atoms with Gasteiger partial charge in [0.15, 0.2) is 5.76 Å². The van der Waals surface area contributed by atoms with Gasteiger partial charge in [-0.2, -0.15) is 0 Å². The zero-order chi connectivity index (χ0) is 22.0. The molecule has 0 bridgehead atoms. The first-order valence-electron chi connectivity index (χ1n) is 9.34. The average molecular weight is 434 g/mol. The van der Waals surface area contributed by atoms with Gasteiger partial charge < -0.3 is 9.15 Å². The number of benzene rings is 3. The Morgan fingerprint density at radius 3 is 2.42 bits per heavy atom. The van der Waals surface area contributed by atoms with E-state index in [1.54, 1.807) is 36.4 Å². The molecule has 0 N–H and O–H groups in total. The number of nitro benzene ring substituents is 1. The third-order valence-electron chi connectivity index (χ3n) is 4.60. The van der Waals surface area contributed by atoms with Gasteiger partial charge in [-0.3, -0.25) is 14.9 Å². The number of nitrogens with zero attached hydrogens (tertiary/aromatic N) is 1. The van der Waals surface area contributed by atoms with E-state index in [9.17, 15) is 14.9 Å². The van der Waals surface area contributed by atoms with Crippen molar-refractivity contribution in [1.29, 1.82) is 0 Å². The lowest BCUT2D eigenvalue weighted by Gasteiger charge is -2.07. The highest BCUT2D eigenvalue weighted by Crippen LogP contribution is 2.33. The second-order valence-corrected chi connectivity index (χ2v) is 7.26. The molecule has 0 unspecified atom stereocenters. The average Bonchev–Trinajstić information content (AvgIpc) is 3.23. The zero-order valence-corrected chi connectivity index (χ0v) is 17.1. The summed E-state index contributed by atoms with van der Waals surface area (Å²) in [5, 5.41) is 11.0. The number of carbonyl (C=O) groups excluding carboxylic acids is 1. The number of non-ortho nitro benzene ring substituents is 1. The lowest BCUT2D eigenvalue weighted by molar-refractivity contribution is -0.384. The van der Waals surface area contributed by atoms with Crippen molar-refractivity contribution in [1.82, 2.24) is 0 Å². The lowest BCUT2D eigenvalue weighted by Crippen LogP contribution is -1.99. The highest BCUT2D eigenvalue weighted by Gasteiger charge is 2.17. The Morgan fingerprint density at radius 2 is 1.74 bits per heavy atom. The summed E-state index contributed by atoms with van der Waals surface area (Å²) in [5.74, 6) is 1.51. The van der Waals surface area contributed by atoms with Gasteiger partial charge in [-0.05, 0) is 67.1 Å². The van der Waals surface area contributed by atoms with Gasteiger partial charge in [0.05, 0.1) is 9.95 Å². The van der Waals surface area contributed by atoms with Crippen LogP contribution in [0.3, 0.4) is 0 Å². The molecule has 0 aliphatic carbocycles. The van der Waals surface area contributed by atoms with E-state index in [-0.39, 0.29) is 22.3 Å². The van der Waals surface area contributed by atoms with E-state index in [1.165, 1.54) is 18.2 Å². The van der Waals surface area contributed by atoms with Gasteiger partial charge >= 0.3 is 0 Å². The molecular formula is C24H16ClNO5. The van der Waals surface area contributed by atoms with E-state index in [0.29, 0.717) is 22.6 Å². The highest BCUT2D eigenvalue weighted by atomic mass is 35.5. The Kier molecular flexibility index (Phi) is 5.56. The largest absolute Gasteiger partial charge is 0.457 e. The second-order valence-electron chi connectivity index (χ2n) is 6.86. The second kappa shape index (κ2) is 8.45. The van der Waals surface area contributed by atoms with Crippen LogP contribution in [0, 0.1) is 17.0 Å². The number of rotatable bonds is 6. The van der Waals surface area contributed by atoms with Gasteiger partial charge in [0, 0.05) is 23.3 Å². The molecular weight excluding hydrogens is 418 g/mol. The van der Waals surface area contributed by atoms with Crippen molar-refractivity contribution in [3.63, 3.8) is 0 Å². The third kappa shape index (κ3) is 4.49. The first kappa shape index (κ1) is 20.4. The van der Waals surface area contributed by atoms with E-state index in [2.05, 4.69) is 0 Å². The van der Waals surface area contributed by atoms with Gasteiger partial charge in [0.25, 0.3) is 5.69 Å². The fraction of sp³-hybridized carbons (Fsp3) is 0.0417. The van der Waals surface area contributed by atoms with E-state index in [0.717, 1.165) is 11.3 Å². The number of hydrogen-bond donors (Lipinski definition) is 0. The summed E-state index contributed by atoms with van der Waals surface area (Å²) in [6.45, 7) is 1.98. The maximum Gasteiger partial charge on any atom is 0.270 e. The van der Waals surface area contributed by atoms with Crippen LogP contribution in [0.25, 0.3) is 11.3 Å². The van der Waals surface area contributed by atoms with Crippen molar-refractivity contribution < 1.29 is 18.9 Å². The molecule has 3 aromatic carbocycles. The Bertz CT molecular complexity index is 1280. The molecule has 0 saturated heterocycles. The molecule has 31 heavy (non-hydrogen) atoms. The predicted molar refractivity (Wildman–Crippen MR) is 117 cm³/mol. The minimum Gasteiger partial charge on any atom is -0.457 e. The molecule has 0 atom stereocenters. The minimum atomic E-state index is -0.529. The summed E-state index contributed by atoms with van der Waals surface area (Å²) in [5.41, 5.74) is 1.87. The molecule has 0 spiro atoms.